The molecular weight excluding hydrogens is 440 g/mol. The maximum absolute atomic E-state index is 12.6. The van der Waals surface area contributed by atoms with E-state index in [1.807, 2.05) is 0 Å². The Labute approximate surface area is 209 Å². The van der Waals surface area contributed by atoms with Gasteiger partial charge in [-0.2, -0.15) is 0 Å². The number of amides is 2. The molecule has 1 saturated heterocycles. The van der Waals surface area contributed by atoms with Crippen molar-refractivity contribution in [1.29, 1.82) is 0 Å². The molecular formula is C28H40N4O3. The van der Waals surface area contributed by atoms with Gasteiger partial charge in [0.15, 0.2) is 0 Å². The van der Waals surface area contributed by atoms with E-state index in [9.17, 15) is 9.59 Å². The molecule has 0 aromatic heterocycles. The first-order valence-electron chi connectivity index (χ1n) is 12.8. The van der Waals surface area contributed by atoms with Crippen molar-refractivity contribution >= 4 is 11.8 Å². The van der Waals surface area contributed by atoms with Gasteiger partial charge in [-0.05, 0) is 37.8 Å². The fraction of sp³-hybridized carbons (Fsp3) is 0.500. The lowest BCUT2D eigenvalue weighted by molar-refractivity contribution is -0.129. The molecule has 0 saturated carbocycles. The van der Waals surface area contributed by atoms with Gasteiger partial charge >= 0.3 is 0 Å². The van der Waals surface area contributed by atoms with Crippen LogP contribution in [0.25, 0.3) is 0 Å². The molecule has 0 bridgehead atoms. The number of hydroxylamine groups is 1. The maximum Gasteiger partial charge on any atom is 0.243 e. The minimum Gasteiger partial charge on any atom is -0.355 e. The number of hydrogen-bond donors (Lipinski definition) is 3. The summed E-state index contributed by atoms with van der Waals surface area (Å²) in [6, 6.07) is 22.1. The zero-order chi connectivity index (χ0) is 25.0. The fourth-order valence-electron chi connectivity index (χ4n) is 5.07. The number of nitrogens with zero attached hydrogens (tertiary/aromatic N) is 2. The number of carbonyl (C=O) groups excluding carboxylic acids is 2. The molecule has 7 nitrogen and oxygen atoms in total. The van der Waals surface area contributed by atoms with E-state index in [2.05, 4.69) is 89.6 Å². The van der Waals surface area contributed by atoms with Gasteiger partial charge in [0.2, 0.25) is 11.8 Å². The highest BCUT2D eigenvalue weighted by molar-refractivity contribution is 5.78. The van der Waals surface area contributed by atoms with Crippen LogP contribution in [0.4, 0.5) is 0 Å². The van der Waals surface area contributed by atoms with Crippen LogP contribution >= 0.6 is 0 Å². The van der Waals surface area contributed by atoms with Crippen LogP contribution in [0.15, 0.2) is 60.7 Å². The summed E-state index contributed by atoms with van der Waals surface area (Å²) in [6.45, 7) is 7.28. The summed E-state index contributed by atoms with van der Waals surface area (Å²) in [4.78, 5) is 28.5. The third kappa shape index (κ3) is 8.16. The molecule has 190 valence electrons. The Morgan fingerprint density at radius 2 is 1.40 bits per heavy atom. The first kappa shape index (κ1) is 26.9. The van der Waals surface area contributed by atoms with Crippen LogP contribution in [0.3, 0.4) is 0 Å². The molecule has 1 fully saturated rings. The number of benzene rings is 2. The third-order valence-corrected chi connectivity index (χ3v) is 6.83. The van der Waals surface area contributed by atoms with Crippen molar-refractivity contribution in [3.63, 3.8) is 0 Å². The molecule has 3 N–H and O–H groups in total. The molecule has 3 rings (SSSR count). The first-order valence-corrected chi connectivity index (χ1v) is 12.8. The van der Waals surface area contributed by atoms with Crippen LogP contribution < -0.4 is 10.8 Å². The van der Waals surface area contributed by atoms with E-state index in [1.165, 1.54) is 11.1 Å². The quantitative estimate of drug-likeness (QED) is 0.245. The number of rotatable bonds is 12. The minimum atomic E-state index is -0.347. The molecule has 0 unspecified atom stereocenters. The smallest absolute Gasteiger partial charge is 0.243 e. The Hall–Kier alpha value is -2.74. The van der Waals surface area contributed by atoms with E-state index < -0.39 is 0 Å². The summed E-state index contributed by atoms with van der Waals surface area (Å²) in [7, 11) is 0. The summed E-state index contributed by atoms with van der Waals surface area (Å²) in [5.41, 5.74) is 4.24. The predicted molar refractivity (Wildman–Crippen MR) is 138 cm³/mol. The largest absolute Gasteiger partial charge is 0.355 e. The van der Waals surface area contributed by atoms with Gasteiger partial charge in [0.1, 0.15) is 0 Å². The Morgan fingerprint density at radius 1 is 0.857 bits per heavy atom. The number of hydrogen-bond acceptors (Lipinski definition) is 5. The van der Waals surface area contributed by atoms with Gasteiger partial charge in [-0.15, -0.1) is 0 Å². The Morgan fingerprint density at radius 3 is 1.94 bits per heavy atom. The molecule has 1 aliphatic rings. The van der Waals surface area contributed by atoms with Gasteiger partial charge in [0, 0.05) is 38.1 Å². The maximum atomic E-state index is 12.6. The highest BCUT2D eigenvalue weighted by Crippen LogP contribution is 2.31. The standard InChI is InChI=1S/C28H40N4O3/c1-22-19-31(28(24-13-7-5-8-14-24)25-15-9-6-10-16-25)20-23(2)32(22)21-27(34)29-18-12-4-3-11-17-26(33)30-35/h5-10,13-16,22-23,28,35H,3-4,11-12,17-21H2,1-2H3,(H,29,34)(H,30,33)/t22-,23+. The van der Waals surface area contributed by atoms with Crippen LogP contribution in [0.5, 0.6) is 0 Å². The van der Waals surface area contributed by atoms with E-state index in [0.29, 0.717) is 19.5 Å². The van der Waals surface area contributed by atoms with Crippen molar-refractivity contribution in [2.75, 3.05) is 26.2 Å². The van der Waals surface area contributed by atoms with E-state index in [4.69, 9.17) is 5.21 Å². The summed E-state index contributed by atoms with van der Waals surface area (Å²) in [5, 5.41) is 11.6. The van der Waals surface area contributed by atoms with Crippen LogP contribution in [0, 0.1) is 0 Å². The first-order chi connectivity index (χ1) is 17.0. The van der Waals surface area contributed by atoms with Crippen LogP contribution in [-0.2, 0) is 9.59 Å². The number of carbonyl (C=O) groups is 2. The molecule has 2 atom stereocenters. The highest BCUT2D eigenvalue weighted by Gasteiger charge is 2.34. The van der Waals surface area contributed by atoms with Gasteiger partial charge in [-0.1, -0.05) is 73.5 Å². The zero-order valence-electron chi connectivity index (χ0n) is 21.0. The van der Waals surface area contributed by atoms with Crippen LogP contribution in [-0.4, -0.2) is 65.1 Å². The molecule has 1 aliphatic heterocycles. The topological polar surface area (TPSA) is 84.9 Å². The van der Waals surface area contributed by atoms with Crippen molar-refractivity contribution in [2.45, 2.75) is 64.1 Å². The molecule has 0 spiro atoms. The Balaban J connectivity index is 1.50. The highest BCUT2D eigenvalue weighted by atomic mass is 16.5. The van der Waals surface area contributed by atoms with Crippen molar-refractivity contribution in [1.82, 2.24) is 20.6 Å². The predicted octanol–water partition coefficient (Wildman–Crippen LogP) is 3.74. The SMILES string of the molecule is C[C@@H]1CN(C(c2ccccc2)c2ccccc2)C[C@H](C)N1CC(=O)NCCCCCCC(=O)NO. The summed E-state index contributed by atoms with van der Waals surface area (Å²) in [6.07, 6.45) is 3.82. The number of nitrogens with one attached hydrogen (secondary N) is 2. The Kier molecular flexibility index (Phi) is 10.7. The summed E-state index contributed by atoms with van der Waals surface area (Å²) >= 11 is 0. The monoisotopic (exact) mass is 480 g/mol. The van der Waals surface area contributed by atoms with Gasteiger partial charge in [0.25, 0.3) is 0 Å². The molecule has 35 heavy (non-hydrogen) atoms. The average Bonchev–Trinajstić information content (AvgIpc) is 2.87. The zero-order valence-corrected chi connectivity index (χ0v) is 21.0. The van der Waals surface area contributed by atoms with Gasteiger partial charge < -0.3 is 5.32 Å². The van der Waals surface area contributed by atoms with E-state index in [0.717, 1.165) is 38.8 Å². The molecule has 7 heteroatoms. The third-order valence-electron chi connectivity index (χ3n) is 6.83. The van der Waals surface area contributed by atoms with Gasteiger partial charge in [-0.25, -0.2) is 5.48 Å². The van der Waals surface area contributed by atoms with Gasteiger partial charge in [-0.3, -0.25) is 24.6 Å². The van der Waals surface area contributed by atoms with E-state index in [1.54, 1.807) is 5.48 Å². The van der Waals surface area contributed by atoms with E-state index in [-0.39, 0.29) is 29.9 Å². The molecule has 2 amide bonds. The minimum absolute atomic E-state index is 0.0690. The molecule has 2 aromatic rings. The molecule has 1 heterocycles. The van der Waals surface area contributed by atoms with Crippen molar-refractivity contribution in [2.24, 2.45) is 0 Å². The second-order valence-corrected chi connectivity index (χ2v) is 9.60. The second-order valence-electron chi connectivity index (χ2n) is 9.60. The normalized spacial score (nSPS) is 19.0. The summed E-state index contributed by atoms with van der Waals surface area (Å²) < 4.78 is 0. The Bertz CT molecular complexity index is 857. The van der Waals surface area contributed by atoms with Crippen LogP contribution in [0.2, 0.25) is 0 Å². The number of unbranched alkanes of at least 4 members (excludes halogenated alkanes) is 3. The lowest BCUT2D eigenvalue weighted by atomic mass is 9.94. The van der Waals surface area contributed by atoms with E-state index >= 15 is 0 Å². The molecule has 0 aliphatic carbocycles. The average molecular weight is 481 g/mol. The molecule has 2 aromatic carbocycles. The van der Waals surface area contributed by atoms with Crippen molar-refractivity contribution in [3.8, 4) is 0 Å². The lowest BCUT2D eigenvalue weighted by Crippen LogP contribution is -2.59. The van der Waals surface area contributed by atoms with Gasteiger partial charge in [0.05, 0.1) is 12.6 Å². The van der Waals surface area contributed by atoms with Crippen molar-refractivity contribution < 1.29 is 14.8 Å². The van der Waals surface area contributed by atoms with Crippen LogP contribution in [0.1, 0.15) is 63.1 Å². The molecule has 0 radical (unpaired) electrons. The number of piperazine rings is 1. The lowest BCUT2D eigenvalue weighted by Gasteiger charge is -2.47. The summed E-state index contributed by atoms with van der Waals surface area (Å²) in [5.74, 6) is -0.278. The fourth-order valence-corrected chi connectivity index (χ4v) is 5.07. The second kappa shape index (κ2) is 14.0. The van der Waals surface area contributed by atoms with Crippen molar-refractivity contribution in [3.05, 3.63) is 71.8 Å².